The van der Waals surface area contributed by atoms with Gasteiger partial charge >= 0.3 is 0 Å². The van der Waals surface area contributed by atoms with E-state index in [1.54, 1.807) is 7.11 Å². The highest BCUT2D eigenvalue weighted by molar-refractivity contribution is 5.55. The number of hydrogen-bond donors (Lipinski definition) is 0. The molecule has 0 bridgehead atoms. The summed E-state index contributed by atoms with van der Waals surface area (Å²) in [6, 6.07) is 0. The van der Waals surface area contributed by atoms with Gasteiger partial charge in [-0.05, 0) is 32.6 Å². The molecule has 1 aliphatic rings. The van der Waals surface area contributed by atoms with Gasteiger partial charge in [-0.3, -0.25) is 0 Å². The van der Waals surface area contributed by atoms with Gasteiger partial charge in [0.15, 0.2) is 0 Å². The van der Waals surface area contributed by atoms with Crippen molar-refractivity contribution in [3.63, 3.8) is 0 Å². The predicted molar refractivity (Wildman–Crippen MR) is 52.5 cm³/mol. The molecule has 2 unspecified atom stereocenters. The largest absolute Gasteiger partial charge is 0.384 e. The third kappa shape index (κ3) is 2.41. The van der Waals surface area contributed by atoms with Crippen LogP contribution < -0.4 is 0 Å². The average Bonchev–Trinajstić information content (AvgIpc) is 2.11. The van der Waals surface area contributed by atoms with Crippen LogP contribution in [0.25, 0.3) is 0 Å². The minimum atomic E-state index is 0.170. The third-order valence-corrected chi connectivity index (χ3v) is 3.00. The van der Waals surface area contributed by atoms with Crippen LogP contribution >= 0.6 is 0 Å². The lowest BCUT2D eigenvalue weighted by atomic mass is 9.78. The van der Waals surface area contributed by atoms with Crippen LogP contribution in [-0.2, 0) is 9.53 Å². The molecule has 0 fully saturated rings. The van der Waals surface area contributed by atoms with Crippen LogP contribution in [-0.4, -0.2) is 20.0 Å². The van der Waals surface area contributed by atoms with E-state index < -0.39 is 0 Å². The third-order valence-electron chi connectivity index (χ3n) is 3.00. The Morgan fingerprint density at radius 3 is 2.54 bits per heavy atom. The molecule has 2 nitrogen and oxygen atoms in total. The van der Waals surface area contributed by atoms with Crippen molar-refractivity contribution in [3.8, 4) is 0 Å². The van der Waals surface area contributed by atoms with E-state index in [0.717, 1.165) is 19.1 Å². The van der Waals surface area contributed by atoms with Gasteiger partial charge in [0.2, 0.25) is 0 Å². The summed E-state index contributed by atoms with van der Waals surface area (Å²) in [5.41, 5.74) is 2.81. The van der Waals surface area contributed by atoms with E-state index in [2.05, 4.69) is 13.8 Å². The minimum Gasteiger partial charge on any atom is -0.384 e. The highest BCUT2D eigenvalue weighted by Crippen LogP contribution is 2.32. The van der Waals surface area contributed by atoms with E-state index in [-0.39, 0.29) is 5.92 Å². The predicted octanol–water partition coefficient (Wildman–Crippen LogP) is 2.19. The van der Waals surface area contributed by atoms with Crippen LogP contribution in [0.5, 0.6) is 0 Å². The summed E-state index contributed by atoms with van der Waals surface area (Å²) in [6.45, 7) is 4.97. The molecule has 0 radical (unpaired) electrons. The summed E-state index contributed by atoms with van der Waals surface area (Å²) in [5.74, 6) is 0.565. The topological polar surface area (TPSA) is 26.3 Å². The van der Waals surface area contributed by atoms with Gasteiger partial charge in [-0.1, -0.05) is 11.1 Å². The number of carbonyl (C=O) groups is 1. The van der Waals surface area contributed by atoms with Crippen molar-refractivity contribution >= 4 is 6.29 Å². The number of hydrogen-bond acceptors (Lipinski definition) is 2. The molecule has 0 spiro atoms. The van der Waals surface area contributed by atoms with E-state index >= 15 is 0 Å². The second kappa shape index (κ2) is 4.56. The lowest BCUT2D eigenvalue weighted by Crippen LogP contribution is -2.25. The van der Waals surface area contributed by atoms with Crippen molar-refractivity contribution in [1.29, 1.82) is 0 Å². The maximum Gasteiger partial charge on any atom is 0.123 e. The van der Waals surface area contributed by atoms with Crippen molar-refractivity contribution in [2.75, 3.05) is 13.7 Å². The summed E-state index contributed by atoms with van der Waals surface area (Å²) in [6.07, 6.45) is 3.02. The number of aldehydes is 1. The van der Waals surface area contributed by atoms with E-state index in [4.69, 9.17) is 4.74 Å². The molecule has 1 rings (SSSR count). The highest BCUT2D eigenvalue weighted by atomic mass is 16.5. The first-order chi connectivity index (χ1) is 6.19. The Hall–Kier alpha value is -0.630. The van der Waals surface area contributed by atoms with Gasteiger partial charge in [0.05, 0.1) is 0 Å². The number of rotatable bonds is 3. The Morgan fingerprint density at radius 1 is 1.38 bits per heavy atom. The Morgan fingerprint density at radius 2 is 2.00 bits per heavy atom. The second-order valence-electron chi connectivity index (χ2n) is 3.98. The maximum absolute atomic E-state index is 10.8. The molecule has 0 aliphatic heterocycles. The van der Waals surface area contributed by atoms with Crippen molar-refractivity contribution in [3.05, 3.63) is 11.1 Å². The fourth-order valence-corrected chi connectivity index (χ4v) is 1.97. The molecule has 0 aromatic heterocycles. The minimum absolute atomic E-state index is 0.170. The van der Waals surface area contributed by atoms with E-state index in [0.29, 0.717) is 12.5 Å². The van der Waals surface area contributed by atoms with Gasteiger partial charge in [0, 0.05) is 19.6 Å². The van der Waals surface area contributed by atoms with E-state index in [9.17, 15) is 4.79 Å². The molecule has 13 heavy (non-hydrogen) atoms. The molecule has 0 N–H and O–H groups in total. The van der Waals surface area contributed by atoms with Crippen molar-refractivity contribution in [1.82, 2.24) is 0 Å². The van der Waals surface area contributed by atoms with Crippen LogP contribution in [0.1, 0.15) is 26.7 Å². The molecule has 0 aromatic carbocycles. The second-order valence-corrected chi connectivity index (χ2v) is 3.98. The summed E-state index contributed by atoms with van der Waals surface area (Å²) in [4.78, 5) is 10.8. The summed E-state index contributed by atoms with van der Waals surface area (Å²) in [7, 11) is 1.70. The molecule has 0 amide bonds. The molecule has 2 heteroatoms. The molecule has 2 atom stereocenters. The average molecular weight is 182 g/mol. The Balaban J connectivity index is 2.69. The maximum atomic E-state index is 10.8. The van der Waals surface area contributed by atoms with Crippen LogP contribution in [0.3, 0.4) is 0 Å². The van der Waals surface area contributed by atoms with Gasteiger partial charge in [0.1, 0.15) is 6.29 Å². The Labute approximate surface area is 80.0 Å². The number of ether oxygens (including phenoxy) is 1. The molecule has 1 aliphatic carbocycles. The number of methoxy groups -OCH3 is 1. The van der Waals surface area contributed by atoms with Gasteiger partial charge < -0.3 is 9.53 Å². The molecule has 0 heterocycles. The number of allylic oxidation sites excluding steroid dienone is 2. The quantitative estimate of drug-likeness (QED) is 0.494. The van der Waals surface area contributed by atoms with Gasteiger partial charge in [-0.25, -0.2) is 0 Å². The SMILES string of the molecule is COCC1CC(C)=C(C)CC1C=O. The lowest BCUT2D eigenvalue weighted by molar-refractivity contribution is -0.113. The fourth-order valence-electron chi connectivity index (χ4n) is 1.97. The van der Waals surface area contributed by atoms with Crippen molar-refractivity contribution < 1.29 is 9.53 Å². The molecule has 0 saturated carbocycles. The van der Waals surface area contributed by atoms with Crippen LogP contribution in [0, 0.1) is 11.8 Å². The van der Waals surface area contributed by atoms with Crippen LogP contribution in [0.2, 0.25) is 0 Å². The molecule has 0 saturated heterocycles. The monoisotopic (exact) mass is 182 g/mol. The molecular formula is C11H18O2. The van der Waals surface area contributed by atoms with Gasteiger partial charge in [0.25, 0.3) is 0 Å². The standard InChI is InChI=1S/C11H18O2/c1-8-4-10(6-12)11(7-13-3)5-9(8)2/h6,10-11H,4-5,7H2,1-3H3. The molecule has 74 valence electrons. The Kier molecular flexibility index (Phi) is 3.67. The molecule has 0 aromatic rings. The summed E-state index contributed by atoms with van der Waals surface area (Å²) < 4.78 is 5.12. The highest BCUT2D eigenvalue weighted by Gasteiger charge is 2.26. The lowest BCUT2D eigenvalue weighted by Gasteiger charge is -2.28. The number of carbonyl (C=O) groups excluding carboxylic acids is 1. The summed E-state index contributed by atoms with van der Waals surface area (Å²) >= 11 is 0. The molecular weight excluding hydrogens is 164 g/mol. The van der Waals surface area contributed by atoms with E-state index in [1.807, 2.05) is 0 Å². The van der Waals surface area contributed by atoms with Crippen LogP contribution in [0.15, 0.2) is 11.1 Å². The Bertz CT molecular complexity index is 218. The van der Waals surface area contributed by atoms with Crippen molar-refractivity contribution in [2.45, 2.75) is 26.7 Å². The zero-order chi connectivity index (χ0) is 9.84. The fraction of sp³-hybridized carbons (Fsp3) is 0.727. The normalized spacial score (nSPS) is 29.2. The zero-order valence-electron chi connectivity index (χ0n) is 8.67. The first-order valence-corrected chi connectivity index (χ1v) is 4.78. The van der Waals surface area contributed by atoms with Crippen molar-refractivity contribution in [2.24, 2.45) is 11.8 Å². The first kappa shape index (κ1) is 10.5. The smallest absolute Gasteiger partial charge is 0.123 e. The van der Waals surface area contributed by atoms with Gasteiger partial charge in [-0.15, -0.1) is 0 Å². The van der Waals surface area contributed by atoms with Gasteiger partial charge in [-0.2, -0.15) is 0 Å². The zero-order valence-corrected chi connectivity index (χ0v) is 8.67. The summed E-state index contributed by atoms with van der Waals surface area (Å²) in [5, 5.41) is 0. The first-order valence-electron chi connectivity index (χ1n) is 4.78. The van der Waals surface area contributed by atoms with Crippen LogP contribution in [0.4, 0.5) is 0 Å². The van der Waals surface area contributed by atoms with E-state index in [1.165, 1.54) is 11.1 Å².